The van der Waals surface area contributed by atoms with Gasteiger partial charge in [0.1, 0.15) is 11.5 Å². The second kappa shape index (κ2) is 8.97. The van der Waals surface area contributed by atoms with Gasteiger partial charge in [-0.15, -0.1) is 0 Å². The first-order valence-corrected chi connectivity index (χ1v) is 10.1. The van der Waals surface area contributed by atoms with Gasteiger partial charge in [0.05, 0.1) is 26.0 Å². The van der Waals surface area contributed by atoms with Crippen LogP contribution < -0.4 is 14.8 Å². The van der Waals surface area contributed by atoms with Gasteiger partial charge < -0.3 is 14.8 Å². The number of methoxy groups -OCH3 is 2. The Labute approximate surface area is 181 Å². The number of nitrogens with zero attached hydrogens (tertiary/aromatic N) is 2. The number of benzene rings is 3. The smallest absolute Gasteiger partial charge is 0.194 e. The number of hydrogen-bond acceptors (Lipinski definition) is 4. The third-order valence-corrected chi connectivity index (χ3v) is 5.33. The Balaban J connectivity index is 1.71. The maximum atomic E-state index is 5.74. The van der Waals surface area contributed by atoms with Crippen molar-refractivity contribution in [2.75, 3.05) is 19.5 Å². The minimum Gasteiger partial charge on any atom is -0.497 e. The van der Waals surface area contributed by atoms with Gasteiger partial charge in [0.25, 0.3) is 0 Å². The van der Waals surface area contributed by atoms with Gasteiger partial charge in [-0.05, 0) is 48.1 Å². The van der Waals surface area contributed by atoms with Gasteiger partial charge in [0.2, 0.25) is 0 Å². The van der Waals surface area contributed by atoms with Gasteiger partial charge in [-0.25, -0.2) is 5.01 Å². The lowest BCUT2D eigenvalue weighted by Gasteiger charge is -2.24. The van der Waals surface area contributed by atoms with Gasteiger partial charge in [0, 0.05) is 17.7 Å². The van der Waals surface area contributed by atoms with Crippen LogP contribution in [0.25, 0.3) is 0 Å². The van der Waals surface area contributed by atoms with Gasteiger partial charge in [-0.1, -0.05) is 48.5 Å². The average Bonchev–Trinajstić information content (AvgIpc) is 3.25. The molecule has 152 valence electrons. The first-order valence-electron chi connectivity index (χ1n) is 9.69. The Kier molecular flexibility index (Phi) is 5.95. The van der Waals surface area contributed by atoms with Crippen molar-refractivity contribution in [3.05, 3.63) is 90.0 Å². The second-order valence-electron chi connectivity index (χ2n) is 6.88. The largest absolute Gasteiger partial charge is 0.497 e. The number of ether oxygens (including phenoxy) is 2. The van der Waals surface area contributed by atoms with Crippen LogP contribution in [-0.4, -0.2) is 30.1 Å². The molecule has 1 atom stereocenters. The quantitative estimate of drug-likeness (QED) is 0.575. The maximum Gasteiger partial charge on any atom is 0.194 e. The van der Waals surface area contributed by atoms with E-state index in [0.29, 0.717) is 11.5 Å². The summed E-state index contributed by atoms with van der Waals surface area (Å²) in [6, 6.07) is 25.9. The molecule has 0 radical (unpaired) electrons. The predicted octanol–water partition coefficient (Wildman–Crippen LogP) is 5.25. The molecule has 30 heavy (non-hydrogen) atoms. The van der Waals surface area contributed by atoms with Gasteiger partial charge in [0.15, 0.2) is 5.11 Å². The summed E-state index contributed by atoms with van der Waals surface area (Å²) in [5.74, 6) is 1.51. The number of nitrogens with one attached hydrogen (secondary N) is 1. The van der Waals surface area contributed by atoms with Crippen molar-refractivity contribution in [3.8, 4) is 11.5 Å². The first-order chi connectivity index (χ1) is 14.7. The fourth-order valence-corrected chi connectivity index (χ4v) is 3.82. The minimum absolute atomic E-state index is 0.0131. The second-order valence-corrected chi connectivity index (χ2v) is 7.27. The lowest BCUT2D eigenvalue weighted by Crippen LogP contribution is -2.31. The molecular formula is C24H23N3O2S. The minimum atomic E-state index is -0.0131. The van der Waals surface area contributed by atoms with E-state index in [2.05, 4.69) is 17.4 Å². The van der Waals surface area contributed by atoms with Crippen LogP contribution in [0.5, 0.6) is 11.5 Å². The van der Waals surface area contributed by atoms with Crippen molar-refractivity contribution < 1.29 is 9.47 Å². The molecule has 1 aliphatic heterocycles. The Morgan fingerprint density at radius 2 is 1.67 bits per heavy atom. The summed E-state index contributed by atoms with van der Waals surface area (Å²) in [6.45, 7) is 0. The lowest BCUT2D eigenvalue weighted by atomic mass is 9.98. The fourth-order valence-electron chi connectivity index (χ4n) is 3.54. The van der Waals surface area contributed by atoms with E-state index in [1.54, 1.807) is 14.2 Å². The van der Waals surface area contributed by atoms with Crippen LogP contribution in [0.2, 0.25) is 0 Å². The molecule has 5 nitrogen and oxygen atoms in total. The highest BCUT2D eigenvalue weighted by molar-refractivity contribution is 7.80. The van der Waals surface area contributed by atoms with Crippen molar-refractivity contribution in [2.24, 2.45) is 5.10 Å². The Bertz CT molecular complexity index is 1050. The molecule has 0 aliphatic carbocycles. The zero-order chi connectivity index (χ0) is 20.9. The number of rotatable bonds is 5. The molecule has 0 saturated heterocycles. The van der Waals surface area contributed by atoms with Crippen molar-refractivity contribution in [1.29, 1.82) is 0 Å². The maximum absolute atomic E-state index is 5.74. The van der Waals surface area contributed by atoms with Crippen LogP contribution in [-0.2, 0) is 0 Å². The summed E-state index contributed by atoms with van der Waals surface area (Å²) in [7, 11) is 3.31. The van der Waals surface area contributed by atoms with Crippen molar-refractivity contribution in [2.45, 2.75) is 12.5 Å². The molecule has 1 aliphatic rings. The summed E-state index contributed by atoms with van der Waals surface area (Å²) in [6.07, 6.45) is 0.699. The number of thiocarbonyl (C=S) groups is 1. The Hall–Kier alpha value is -3.38. The molecule has 1 N–H and O–H groups in total. The van der Waals surface area contributed by atoms with Crippen LogP contribution >= 0.6 is 12.2 Å². The number of para-hydroxylation sites is 1. The number of anilines is 1. The van der Waals surface area contributed by atoms with E-state index >= 15 is 0 Å². The summed E-state index contributed by atoms with van der Waals surface area (Å²) in [5.41, 5.74) is 3.88. The zero-order valence-corrected chi connectivity index (χ0v) is 17.7. The van der Waals surface area contributed by atoms with Crippen molar-refractivity contribution in [1.82, 2.24) is 5.01 Å². The lowest BCUT2D eigenvalue weighted by molar-refractivity contribution is 0.375. The molecule has 4 rings (SSSR count). The molecule has 3 aromatic carbocycles. The van der Waals surface area contributed by atoms with E-state index in [1.807, 2.05) is 71.7 Å². The summed E-state index contributed by atoms with van der Waals surface area (Å²) in [4.78, 5) is 0. The molecule has 0 fully saturated rings. The molecule has 1 heterocycles. The van der Waals surface area contributed by atoms with E-state index in [4.69, 9.17) is 26.8 Å². The number of hydrogen-bond donors (Lipinski definition) is 1. The van der Waals surface area contributed by atoms with Crippen LogP contribution in [0.3, 0.4) is 0 Å². The molecule has 3 aromatic rings. The van der Waals surface area contributed by atoms with Crippen LogP contribution in [0, 0.1) is 0 Å². The topological polar surface area (TPSA) is 46.1 Å². The summed E-state index contributed by atoms with van der Waals surface area (Å²) >= 11 is 5.74. The fraction of sp³-hybridized carbons (Fsp3) is 0.167. The first kappa shape index (κ1) is 19.9. The summed E-state index contributed by atoms with van der Waals surface area (Å²) < 4.78 is 11.0. The highest BCUT2D eigenvalue weighted by Crippen LogP contribution is 2.36. The monoisotopic (exact) mass is 417 g/mol. The van der Waals surface area contributed by atoms with Gasteiger partial charge >= 0.3 is 0 Å². The predicted molar refractivity (Wildman–Crippen MR) is 124 cm³/mol. The SMILES string of the molecule is COc1ccc(OC)c(C2=NN(C(=S)Nc3ccccc3)[C@@H](c3ccccc3)C2)c1. The molecule has 0 bridgehead atoms. The van der Waals surface area contributed by atoms with Crippen molar-refractivity contribution >= 4 is 28.7 Å². The molecular weight excluding hydrogens is 394 g/mol. The van der Waals surface area contributed by atoms with Gasteiger partial charge in [-0.2, -0.15) is 5.10 Å². The highest BCUT2D eigenvalue weighted by atomic mass is 32.1. The zero-order valence-electron chi connectivity index (χ0n) is 16.9. The van der Waals surface area contributed by atoms with E-state index in [9.17, 15) is 0 Å². The summed E-state index contributed by atoms with van der Waals surface area (Å²) in [5, 5.41) is 10.6. The third kappa shape index (κ3) is 4.14. The average molecular weight is 418 g/mol. The van der Waals surface area contributed by atoms with Crippen LogP contribution in [0.4, 0.5) is 5.69 Å². The third-order valence-electron chi connectivity index (χ3n) is 5.05. The molecule has 0 saturated carbocycles. The molecule has 0 amide bonds. The standard InChI is InChI=1S/C24H23N3O2S/c1-28-19-13-14-23(29-2)20(15-19)21-16-22(17-9-5-3-6-10-17)27(26-21)24(30)25-18-11-7-4-8-12-18/h3-15,22H,16H2,1-2H3,(H,25,30)/t22-/m1/s1. The van der Waals surface area contributed by atoms with E-state index in [0.717, 1.165) is 34.0 Å². The Morgan fingerprint density at radius 1 is 0.967 bits per heavy atom. The Morgan fingerprint density at radius 3 is 2.33 bits per heavy atom. The normalized spacial score (nSPS) is 15.5. The molecule has 0 spiro atoms. The number of hydrazone groups is 1. The molecule has 6 heteroatoms. The van der Waals surface area contributed by atoms with Crippen molar-refractivity contribution in [3.63, 3.8) is 0 Å². The van der Waals surface area contributed by atoms with E-state index in [-0.39, 0.29) is 6.04 Å². The van der Waals surface area contributed by atoms with E-state index < -0.39 is 0 Å². The molecule has 0 unspecified atom stereocenters. The van der Waals surface area contributed by atoms with E-state index in [1.165, 1.54) is 0 Å². The van der Waals surface area contributed by atoms with Gasteiger partial charge in [-0.3, -0.25) is 0 Å². The van der Waals surface area contributed by atoms with Crippen LogP contribution in [0.1, 0.15) is 23.6 Å². The van der Waals surface area contributed by atoms with Crippen LogP contribution in [0.15, 0.2) is 84.0 Å². The highest BCUT2D eigenvalue weighted by Gasteiger charge is 2.32. The molecule has 0 aromatic heterocycles.